The van der Waals surface area contributed by atoms with Crippen LogP contribution in [0.4, 0.5) is 17.1 Å². The van der Waals surface area contributed by atoms with E-state index < -0.39 is 0 Å². The Morgan fingerprint density at radius 1 is 0.400 bits per heavy atom. The van der Waals surface area contributed by atoms with E-state index >= 15 is 0 Å². The highest BCUT2D eigenvalue weighted by atomic mass is 16.5. The minimum absolute atomic E-state index is 0.00180. The third-order valence-electron chi connectivity index (χ3n) is 12.4. The van der Waals surface area contributed by atoms with Crippen LogP contribution in [0.25, 0.3) is 44.5 Å². The maximum absolute atomic E-state index is 6.95. The standard InChI is InChI=1S/C57H50BNO/c1-37-31-52-55-54(32-37)60-53-30-26-42(39-19-13-9-14-20-39)35-49(53)58(55)48-28-24-43(40-21-15-10-16-22-40)36-51(48)59(52)50-29-25-41(38-17-11-8-12-18-38)33-45(50)44-23-27-46(56(2,3)4)47(34-44)57(5,6)7/h8-36H,1-7H3. The molecule has 0 bridgehead atoms. The van der Waals surface area contributed by atoms with Crippen molar-refractivity contribution in [3.05, 3.63) is 193 Å². The first-order chi connectivity index (χ1) is 28.9. The maximum atomic E-state index is 6.95. The Kier molecular flexibility index (Phi) is 8.99. The van der Waals surface area contributed by atoms with Gasteiger partial charge in [0, 0.05) is 16.9 Å². The van der Waals surface area contributed by atoms with Gasteiger partial charge in [0.15, 0.2) is 0 Å². The maximum Gasteiger partial charge on any atom is 0.256 e. The van der Waals surface area contributed by atoms with E-state index in [-0.39, 0.29) is 17.5 Å². The summed E-state index contributed by atoms with van der Waals surface area (Å²) in [5.41, 5.74) is 20.6. The quantitative estimate of drug-likeness (QED) is 0.161. The van der Waals surface area contributed by atoms with Crippen LogP contribution in [0.2, 0.25) is 0 Å². The normalized spacial score (nSPS) is 13.0. The molecule has 8 aromatic carbocycles. The first-order valence-corrected chi connectivity index (χ1v) is 21.3. The summed E-state index contributed by atoms with van der Waals surface area (Å²) in [6.45, 7) is 16.2. The van der Waals surface area contributed by atoms with Gasteiger partial charge in [0.1, 0.15) is 11.5 Å². The number of benzene rings is 8. The average molecular weight is 776 g/mol. The molecule has 0 unspecified atom stereocenters. The van der Waals surface area contributed by atoms with Crippen molar-refractivity contribution in [1.82, 2.24) is 0 Å². The molecule has 0 saturated heterocycles. The zero-order valence-corrected chi connectivity index (χ0v) is 35.7. The number of fused-ring (bicyclic) bond motifs is 4. The number of aryl methyl sites for hydroxylation is 1. The molecule has 0 spiro atoms. The van der Waals surface area contributed by atoms with Crippen molar-refractivity contribution in [3.63, 3.8) is 0 Å². The zero-order valence-electron chi connectivity index (χ0n) is 35.7. The summed E-state index contributed by atoms with van der Waals surface area (Å²) < 4.78 is 6.95. The van der Waals surface area contributed by atoms with E-state index in [1.165, 1.54) is 77.7 Å². The molecular weight excluding hydrogens is 725 g/mol. The van der Waals surface area contributed by atoms with Crippen LogP contribution in [0.15, 0.2) is 176 Å². The molecule has 8 aromatic rings. The first kappa shape index (κ1) is 37.7. The molecule has 60 heavy (non-hydrogen) atoms. The Bertz CT molecular complexity index is 2920. The van der Waals surface area contributed by atoms with E-state index in [9.17, 15) is 0 Å². The van der Waals surface area contributed by atoms with Gasteiger partial charge in [0.05, 0.1) is 5.69 Å². The highest BCUT2D eigenvalue weighted by Gasteiger charge is 2.43. The Hall–Kier alpha value is -6.58. The van der Waals surface area contributed by atoms with Gasteiger partial charge in [-0.25, -0.2) is 0 Å². The van der Waals surface area contributed by atoms with Crippen LogP contribution in [-0.2, 0) is 10.8 Å². The van der Waals surface area contributed by atoms with Gasteiger partial charge in [-0.15, -0.1) is 0 Å². The van der Waals surface area contributed by atoms with Crippen LogP contribution in [0.3, 0.4) is 0 Å². The SMILES string of the molecule is Cc1cc2c3c(c1)N(c1ccc(-c4ccccc4)cc1-c1ccc(C(C)(C)C)c(C(C)(C)C)c1)c1cc(-c4ccccc4)ccc1B3c1cc(-c3ccccc3)ccc1O2. The number of hydrogen-bond acceptors (Lipinski definition) is 2. The second-order valence-electron chi connectivity index (χ2n) is 18.7. The van der Waals surface area contributed by atoms with Gasteiger partial charge in [-0.2, -0.15) is 0 Å². The van der Waals surface area contributed by atoms with E-state index in [0.717, 1.165) is 28.4 Å². The van der Waals surface area contributed by atoms with E-state index in [2.05, 4.69) is 229 Å². The molecule has 10 rings (SSSR count). The number of ether oxygens (including phenoxy) is 1. The van der Waals surface area contributed by atoms with Crippen molar-refractivity contribution in [3.8, 4) is 56.0 Å². The predicted octanol–water partition coefficient (Wildman–Crippen LogP) is 13.7. The van der Waals surface area contributed by atoms with Crippen LogP contribution in [0.5, 0.6) is 11.5 Å². The molecule has 0 saturated carbocycles. The van der Waals surface area contributed by atoms with Crippen molar-refractivity contribution in [2.45, 2.75) is 59.3 Å². The summed E-state index contributed by atoms with van der Waals surface area (Å²) in [5.74, 6) is 1.83. The highest BCUT2D eigenvalue weighted by molar-refractivity contribution is 6.99. The molecule has 0 amide bonds. The molecule has 2 nitrogen and oxygen atoms in total. The lowest BCUT2D eigenvalue weighted by Crippen LogP contribution is -2.59. The van der Waals surface area contributed by atoms with Gasteiger partial charge in [0.25, 0.3) is 6.71 Å². The molecule has 0 fully saturated rings. The van der Waals surface area contributed by atoms with E-state index in [1.54, 1.807) is 0 Å². The van der Waals surface area contributed by atoms with Crippen LogP contribution in [0.1, 0.15) is 58.2 Å². The van der Waals surface area contributed by atoms with Crippen LogP contribution >= 0.6 is 0 Å². The number of hydrogen-bond donors (Lipinski definition) is 0. The smallest absolute Gasteiger partial charge is 0.256 e. The van der Waals surface area contributed by atoms with Gasteiger partial charge in [-0.3, -0.25) is 0 Å². The lowest BCUT2D eigenvalue weighted by molar-refractivity contribution is 0.487. The molecule has 2 aliphatic heterocycles. The first-order valence-electron chi connectivity index (χ1n) is 21.3. The van der Waals surface area contributed by atoms with Crippen LogP contribution in [-0.4, -0.2) is 6.71 Å². The molecular formula is C57H50BNO. The predicted molar refractivity (Wildman–Crippen MR) is 256 cm³/mol. The summed E-state index contributed by atoms with van der Waals surface area (Å²) in [6.07, 6.45) is 0. The molecule has 2 aliphatic rings. The third-order valence-corrected chi connectivity index (χ3v) is 12.4. The van der Waals surface area contributed by atoms with Crippen molar-refractivity contribution < 1.29 is 4.74 Å². The molecule has 0 radical (unpaired) electrons. The lowest BCUT2D eigenvalue weighted by atomic mass is 9.34. The number of anilines is 3. The van der Waals surface area contributed by atoms with E-state index in [1.807, 2.05) is 0 Å². The van der Waals surface area contributed by atoms with Gasteiger partial charge in [-0.1, -0.05) is 181 Å². The van der Waals surface area contributed by atoms with Gasteiger partial charge >= 0.3 is 0 Å². The van der Waals surface area contributed by atoms with Gasteiger partial charge in [0.2, 0.25) is 0 Å². The zero-order chi connectivity index (χ0) is 41.3. The Morgan fingerprint density at radius 2 is 0.950 bits per heavy atom. The highest BCUT2D eigenvalue weighted by Crippen LogP contribution is 2.48. The van der Waals surface area contributed by atoms with Gasteiger partial charge < -0.3 is 9.64 Å². The molecule has 0 aromatic heterocycles. The average Bonchev–Trinajstić information content (AvgIpc) is 3.26. The lowest BCUT2D eigenvalue weighted by Gasteiger charge is -2.41. The molecule has 3 heteroatoms. The fourth-order valence-electron chi connectivity index (χ4n) is 9.52. The molecule has 2 heterocycles. The monoisotopic (exact) mass is 775 g/mol. The van der Waals surface area contributed by atoms with Crippen molar-refractivity contribution in [2.24, 2.45) is 0 Å². The summed E-state index contributed by atoms with van der Waals surface area (Å²) in [6, 6.07) is 64.9. The molecule has 0 N–H and O–H groups in total. The third kappa shape index (κ3) is 6.54. The second kappa shape index (κ2) is 14.3. The summed E-state index contributed by atoms with van der Waals surface area (Å²) in [4.78, 5) is 2.54. The van der Waals surface area contributed by atoms with E-state index in [0.29, 0.717) is 0 Å². The Balaban J connectivity index is 1.27. The Labute approximate surface area is 356 Å². The molecule has 0 aliphatic carbocycles. The van der Waals surface area contributed by atoms with Gasteiger partial charge in [-0.05, 0) is 126 Å². The van der Waals surface area contributed by atoms with Crippen molar-refractivity contribution in [1.29, 1.82) is 0 Å². The summed E-state index contributed by atoms with van der Waals surface area (Å²) in [5, 5.41) is 0. The fraction of sp³-hybridized carbons (Fsp3) is 0.158. The number of nitrogens with zero attached hydrogens (tertiary/aromatic N) is 1. The second-order valence-corrected chi connectivity index (χ2v) is 18.7. The minimum atomic E-state index is -0.0513. The Morgan fingerprint density at radius 3 is 1.57 bits per heavy atom. The minimum Gasteiger partial charge on any atom is -0.458 e. The topological polar surface area (TPSA) is 12.5 Å². The van der Waals surface area contributed by atoms with E-state index in [4.69, 9.17) is 4.74 Å². The molecule has 0 atom stereocenters. The molecule has 292 valence electrons. The van der Waals surface area contributed by atoms with Crippen molar-refractivity contribution >= 4 is 40.2 Å². The van der Waals surface area contributed by atoms with Crippen molar-refractivity contribution in [2.75, 3.05) is 4.90 Å². The number of rotatable bonds is 5. The summed E-state index contributed by atoms with van der Waals surface area (Å²) in [7, 11) is 0. The largest absolute Gasteiger partial charge is 0.458 e. The van der Waals surface area contributed by atoms with Crippen LogP contribution in [0, 0.1) is 6.92 Å². The van der Waals surface area contributed by atoms with Crippen LogP contribution < -0.4 is 26.0 Å². The fourth-order valence-corrected chi connectivity index (χ4v) is 9.52. The summed E-state index contributed by atoms with van der Waals surface area (Å²) >= 11 is 0.